The van der Waals surface area contributed by atoms with E-state index in [2.05, 4.69) is 28.2 Å². The first-order valence-corrected chi connectivity index (χ1v) is 9.53. The van der Waals surface area contributed by atoms with E-state index in [0.717, 1.165) is 18.8 Å². The highest BCUT2D eigenvalue weighted by Gasteiger charge is 2.49. The van der Waals surface area contributed by atoms with Crippen molar-refractivity contribution in [2.75, 3.05) is 7.11 Å². The second kappa shape index (κ2) is 6.57. The average molecular weight is 358 g/mol. The van der Waals surface area contributed by atoms with Gasteiger partial charge in [-0.1, -0.05) is 29.3 Å². The van der Waals surface area contributed by atoms with Crippen LogP contribution in [-0.4, -0.2) is 30.0 Å². The van der Waals surface area contributed by atoms with Gasteiger partial charge in [-0.3, -0.25) is 4.79 Å². The lowest BCUT2D eigenvalue weighted by Crippen LogP contribution is -2.51. The number of nitrogens with one attached hydrogen (secondary N) is 1. The summed E-state index contributed by atoms with van der Waals surface area (Å²) in [5.74, 6) is 2.12. The molecule has 0 aromatic heterocycles. The summed E-state index contributed by atoms with van der Waals surface area (Å²) in [5, 5.41) is 3.64. The highest BCUT2D eigenvalue weighted by Crippen LogP contribution is 2.47. The quantitative estimate of drug-likeness (QED) is 0.620. The number of fused-ring (bicyclic) bond motifs is 2. The van der Waals surface area contributed by atoms with Crippen LogP contribution >= 0.6 is 15.9 Å². The molecule has 5 unspecified atom stereocenters. The molecule has 2 aliphatic heterocycles. The zero-order valence-corrected chi connectivity index (χ0v) is 14.8. The number of hydrogen-bond acceptors (Lipinski definition) is 3. The monoisotopic (exact) mass is 357 g/mol. The third-order valence-electron chi connectivity index (χ3n) is 6.28. The average Bonchev–Trinajstić information content (AvgIpc) is 2.87. The van der Waals surface area contributed by atoms with Crippen LogP contribution in [0.1, 0.15) is 51.9 Å². The summed E-state index contributed by atoms with van der Waals surface area (Å²) < 4.78 is 5.14. The minimum atomic E-state index is 0.0154. The van der Waals surface area contributed by atoms with Gasteiger partial charge in [0.05, 0.1) is 13.0 Å². The van der Waals surface area contributed by atoms with Gasteiger partial charge in [-0.15, -0.1) is 0 Å². The summed E-state index contributed by atoms with van der Waals surface area (Å²) in [6.07, 6.45) is 8.64. The van der Waals surface area contributed by atoms with Crippen LogP contribution < -0.4 is 5.32 Å². The molecule has 2 heterocycles. The molecule has 3 rings (SSSR count). The topological polar surface area (TPSA) is 38.3 Å². The zero-order chi connectivity index (χ0) is 15.0. The van der Waals surface area contributed by atoms with Gasteiger partial charge in [0.2, 0.25) is 0 Å². The minimum absolute atomic E-state index is 0.0154. The number of carbonyl (C=O) groups excluding carboxylic acids is 1. The molecule has 4 heteroatoms. The number of hydrogen-bond donors (Lipinski definition) is 1. The van der Waals surface area contributed by atoms with Crippen LogP contribution in [0.5, 0.6) is 0 Å². The normalized spacial score (nSPS) is 46.3. The Labute approximate surface area is 136 Å². The van der Waals surface area contributed by atoms with Gasteiger partial charge >= 0.3 is 5.97 Å². The third-order valence-corrected chi connectivity index (χ3v) is 7.40. The Hall–Kier alpha value is -0.0900. The van der Waals surface area contributed by atoms with Gasteiger partial charge in [0.25, 0.3) is 0 Å². The van der Waals surface area contributed by atoms with E-state index in [1.165, 1.54) is 32.1 Å². The van der Waals surface area contributed by atoms with Crippen molar-refractivity contribution in [3.63, 3.8) is 0 Å². The number of carbonyl (C=O) groups is 1. The Morgan fingerprint density at radius 1 is 1.24 bits per heavy atom. The number of piperidine rings is 1. The second-order valence-corrected chi connectivity index (χ2v) is 8.43. The van der Waals surface area contributed by atoms with Crippen molar-refractivity contribution in [1.29, 1.82) is 0 Å². The van der Waals surface area contributed by atoms with Crippen LogP contribution in [0.3, 0.4) is 0 Å². The minimum Gasteiger partial charge on any atom is -0.469 e. The van der Waals surface area contributed by atoms with Gasteiger partial charge < -0.3 is 10.1 Å². The summed E-state index contributed by atoms with van der Waals surface area (Å²) in [5.41, 5.74) is 0. The number of halogens is 1. The molecular formula is C17H28BrNO2. The summed E-state index contributed by atoms with van der Waals surface area (Å²) in [6, 6.07) is 0.998. The molecule has 0 aromatic carbocycles. The van der Waals surface area contributed by atoms with E-state index in [4.69, 9.17) is 4.74 Å². The van der Waals surface area contributed by atoms with Gasteiger partial charge in [0.1, 0.15) is 0 Å². The van der Waals surface area contributed by atoms with Gasteiger partial charge in [0.15, 0.2) is 0 Å². The van der Waals surface area contributed by atoms with E-state index >= 15 is 0 Å². The highest BCUT2D eigenvalue weighted by atomic mass is 79.9. The molecule has 0 radical (unpaired) electrons. The maximum Gasteiger partial charge on any atom is 0.310 e. The first-order valence-electron chi connectivity index (χ1n) is 8.62. The zero-order valence-electron chi connectivity index (χ0n) is 13.2. The standard InChI is InChI=1S/C17H28BrNO2/c1-3-10-4-5-11(8-14(10)18)13-9-12-6-7-15(19-12)16(13)17(20)21-2/h10-16,19H,3-9H2,1-2H3/t10?,11?,12-,13-,14?,15?,16?/m1/s1. The van der Waals surface area contributed by atoms with Crippen molar-refractivity contribution in [1.82, 2.24) is 5.32 Å². The summed E-state index contributed by atoms with van der Waals surface area (Å²) in [6.45, 7) is 2.29. The fraction of sp³-hybridized carbons (Fsp3) is 0.941. The number of methoxy groups -OCH3 is 1. The van der Waals surface area contributed by atoms with Gasteiger partial charge in [0, 0.05) is 16.9 Å². The lowest BCUT2D eigenvalue weighted by molar-refractivity contribution is -0.151. The SMILES string of the molecule is CCC1CCC([C@H]2C[C@H]3CCC(N3)C2C(=O)OC)CC1Br. The van der Waals surface area contributed by atoms with Crippen molar-refractivity contribution < 1.29 is 9.53 Å². The number of alkyl halides is 1. The van der Waals surface area contributed by atoms with E-state index in [0.29, 0.717) is 28.7 Å². The van der Waals surface area contributed by atoms with Crippen LogP contribution in [0.15, 0.2) is 0 Å². The Balaban J connectivity index is 1.74. The smallest absolute Gasteiger partial charge is 0.310 e. The van der Waals surface area contributed by atoms with Gasteiger partial charge in [-0.05, 0) is 56.3 Å². The lowest BCUT2D eigenvalue weighted by atomic mass is 9.67. The molecule has 0 amide bonds. The van der Waals surface area contributed by atoms with Gasteiger partial charge in [-0.2, -0.15) is 0 Å². The molecule has 0 spiro atoms. The lowest BCUT2D eigenvalue weighted by Gasteiger charge is -2.44. The van der Waals surface area contributed by atoms with Crippen molar-refractivity contribution in [3.05, 3.63) is 0 Å². The first kappa shape index (κ1) is 15.8. The second-order valence-electron chi connectivity index (χ2n) is 7.25. The molecule has 1 N–H and O–H groups in total. The van der Waals surface area contributed by atoms with Gasteiger partial charge in [-0.25, -0.2) is 0 Å². The van der Waals surface area contributed by atoms with Crippen LogP contribution in [0.4, 0.5) is 0 Å². The molecule has 7 atom stereocenters. The van der Waals surface area contributed by atoms with Crippen molar-refractivity contribution in [3.8, 4) is 0 Å². The Morgan fingerprint density at radius 3 is 2.71 bits per heavy atom. The van der Waals surface area contributed by atoms with E-state index in [1.54, 1.807) is 7.11 Å². The van der Waals surface area contributed by atoms with E-state index in [-0.39, 0.29) is 11.9 Å². The molecule has 1 aliphatic carbocycles. The van der Waals surface area contributed by atoms with Crippen LogP contribution in [0, 0.1) is 23.7 Å². The third kappa shape index (κ3) is 3.03. The van der Waals surface area contributed by atoms with E-state index in [9.17, 15) is 4.79 Å². The summed E-state index contributed by atoms with van der Waals surface area (Å²) in [4.78, 5) is 13.0. The molecule has 3 aliphatic rings. The fourth-order valence-electron chi connectivity index (χ4n) is 5.11. The molecule has 2 saturated heterocycles. The number of ether oxygens (including phenoxy) is 1. The predicted molar refractivity (Wildman–Crippen MR) is 87.4 cm³/mol. The van der Waals surface area contributed by atoms with Crippen molar-refractivity contribution in [2.24, 2.45) is 23.7 Å². The van der Waals surface area contributed by atoms with Crippen LogP contribution in [-0.2, 0) is 9.53 Å². The summed E-state index contributed by atoms with van der Waals surface area (Å²) in [7, 11) is 1.54. The molecule has 0 aromatic rings. The number of esters is 1. The predicted octanol–water partition coefficient (Wildman–Crippen LogP) is 3.51. The molecular weight excluding hydrogens is 330 g/mol. The van der Waals surface area contributed by atoms with Crippen LogP contribution in [0.2, 0.25) is 0 Å². The van der Waals surface area contributed by atoms with Crippen molar-refractivity contribution >= 4 is 21.9 Å². The Morgan fingerprint density at radius 2 is 2.05 bits per heavy atom. The Kier molecular flexibility index (Phi) is 4.94. The maximum absolute atomic E-state index is 12.3. The molecule has 3 nitrogen and oxygen atoms in total. The van der Waals surface area contributed by atoms with Crippen molar-refractivity contribution in [2.45, 2.75) is 68.8 Å². The molecule has 2 bridgehead atoms. The molecule has 21 heavy (non-hydrogen) atoms. The Bertz CT molecular complexity index is 389. The fourth-order valence-corrected chi connectivity index (χ4v) is 6.23. The first-order chi connectivity index (χ1) is 10.1. The van der Waals surface area contributed by atoms with E-state index < -0.39 is 0 Å². The molecule has 3 fully saturated rings. The maximum atomic E-state index is 12.3. The van der Waals surface area contributed by atoms with E-state index in [1.807, 2.05) is 0 Å². The molecule has 1 saturated carbocycles. The van der Waals surface area contributed by atoms with Crippen LogP contribution in [0.25, 0.3) is 0 Å². The largest absolute Gasteiger partial charge is 0.469 e. The molecule has 120 valence electrons. The summed E-state index contributed by atoms with van der Waals surface area (Å²) >= 11 is 3.91. The number of rotatable bonds is 3. The highest BCUT2D eigenvalue weighted by molar-refractivity contribution is 9.09.